The Hall–Kier alpha value is -1.80. The van der Waals surface area contributed by atoms with Crippen LogP contribution in [0.15, 0.2) is 29.8 Å². The molecule has 0 aliphatic heterocycles. The molecule has 7 nitrogen and oxygen atoms in total. The standard InChI is InChI=1S/C9H11N5O2S/c1-17(15,16)8-4-13-14(5-8)9-7(2-10)3-11-6-12-9/h3-6H,2,10H2,1H3. The summed E-state index contributed by atoms with van der Waals surface area (Å²) in [5.74, 6) is 0.484. The highest BCUT2D eigenvalue weighted by atomic mass is 32.2. The highest BCUT2D eigenvalue weighted by molar-refractivity contribution is 7.90. The van der Waals surface area contributed by atoms with E-state index >= 15 is 0 Å². The van der Waals surface area contributed by atoms with Gasteiger partial charge in [-0.2, -0.15) is 5.10 Å². The van der Waals surface area contributed by atoms with E-state index in [1.807, 2.05) is 0 Å². The molecule has 0 saturated carbocycles. The fourth-order valence-corrected chi connectivity index (χ4v) is 1.85. The molecule has 2 aromatic heterocycles. The average Bonchev–Trinajstić information content (AvgIpc) is 2.77. The minimum Gasteiger partial charge on any atom is -0.326 e. The number of aromatic nitrogens is 4. The van der Waals surface area contributed by atoms with Gasteiger partial charge in [0.05, 0.1) is 12.4 Å². The third-order valence-electron chi connectivity index (χ3n) is 2.19. The monoisotopic (exact) mass is 253 g/mol. The van der Waals surface area contributed by atoms with Gasteiger partial charge in [-0.15, -0.1) is 0 Å². The van der Waals surface area contributed by atoms with Gasteiger partial charge in [-0.3, -0.25) is 0 Å². The van der Waals surface area contributed by atoms with Gasteiger partial charge in [-0.1, -0.05) is 0 Å². The molecule has 0 radical (unpaired) electrons. The van der Waals surface area contributed by atoms with Crippen molar-refractivity contribution in [1.82, 2.24) is 19.7 Å². The zero-order valence-electron chi connectivity index (χ0n) is 9.11. The van der Waals surface area contributed by atoms with Crippen molar-refractivity contribution in [2.24, 2.45) is 5.73 Å². The molecule has 0 bridgehead atoms. The molecule has 0 aliphatic rings. The molecular formula is C9H11N5O2S. The molecule has 0 unspecified atom stereocenters. The number of rotatable bonds is 3. The van der Waals surface area contributed by atoms with Crippen LogP contribution in [-0.2, 0) is 16.4 Å². The molecule has 2 heterocycles. The van der Waals surface area contributed by atoms with Gasteiger partial charge >= 0.3 is 0 Å². The summed E-state index contributed by atoms with van der Waals surface area (Å²) >= 11 is 0. The second-order valence-electron chi connectivity index (χ2n) is 3.47. The predicted molar refractivity (Wildman–Crippen MR) is 60.2 cm³/mol. The van der Waals surface area contributed by atoms with Crippen LogP contribution in [0.2, 0.25) is 0 Å². The Balaban J connectivity index is 2.51. The second kappa shape index (κ2) is 4.22. The van der Waals surface area contributed by atoms with Crippen molar-refractivity contribution in [1.29, 1.82) is 0 Å². The Kier molecular flexibility index (Phi) is 2.90. The third kappa shape index (κ3) is 2.32. The van der Waals surface area contributed by atoms with Gasteiger partial charge in [-0.25, -0.2) is 23.1 Å². The van der Waals surface area contributed by atoms with Gasteiger partial charge in [0.25, 0.3) is 0 Å². The van der Waals surface area contributed by atoms with E-state index in [-0.39, 0.29) is 11.4 Å². The smallest absolute Gasteiger partial charge is 0.178 e. The average molecular weight is 253 g/mol. The van der Waals surface area contributed by atoms with Crippen LogP contribution in [-0.4, -0.2) is 34.4 Å². The zero-order valence-corrected chi connectivity index (χ0v) is 9.92. The Labute approximate surface area is 98.2 Å². The van der Waals surface area contributed by atoms with Crippen molar-refractivity contribution >= 4 is 9.84 Å². The number of hydrogen-bond acceptors (Lipinski definition) is 6. The quantitative estimate of drug-likeness (QED) is 0.792. The maximum absolute atomic E-state index is 11.3. The molecule has 8 heteroatoms. The minimum atomic E-state index is -3.27. The van der Waals surface area contributed by atoms with Gasteiger partial charge < -0.3 is 5.73 Å². The Morgan fingerprint density at radius 3 is 2.76 bits per heavy atom. The normalized spacial score (nSPS) is 11.6. The van der Waals surface area contributed by atoms with Crippen LogP contribution in [0.4, 0.5) is 0 Å². The van der Waals surface area contributed by atoms with Crippen molar-refractivity contribution < 1.29 is 8.42 Å². The summed E-state index contributed by atoms with van der Waals surface area (Å²) in [4.78, 5) is 8.01. The second-order valence-corrected chi connectivity index (χ2v) is 5.48. The highest BCUT2D eigenvalue weighted by Gasteiger charge is 2.12. The molecule has 0 aliphatic carbocycles. The maximum Gasteiger partial charge on any atom is 0.178 e. The summed E-state index contributed by atoms with van der Waals surface area (Å²) < 4.78 is 24.0. The molecule has 0 atom stereocenters. The first-order chi connectivity index (χ1) is 8.02. The lowest BCUT2D eigenvalue weighted by atomic mass is 10.3. The molecule has 2 rings (SSSR count). The van der Waals surface area contributed by atoms with Gasteiger partial charge in [0.1, 0.15) is 11.2 Å². The summed E-state index contributed by atoms with van der Waals surface area (Å²) in [6, 6.07) is 0. The molecular weight excluding hydrogens is 242 g/mol. The number of sulfone groups is 1. The molecule has 0 fully saturated rings. The molecule has 0 spiro atoms. The summed E-state index contributed by atoms with van der Waals surface area (Å²) in [5, 5.41) is 3.95. The minimum absolute atomic E-state index is 0.138. The summed E-state index contributed by atoms with van der Waals surface area (Å²) in [6.45, 7) is 0.254. The van der Waals surface area contributed by atoms with E-state index in [1.165, 1.54) is 23.4 Å². The van der Waals surface area contributed by atoms with E-state index in [4.69, 9.17) is 5.73 Å². The first-order valence-electron chi connectivity index (χ1n) is 4.76. The van der Waals surface area contributed by atoms with E-state index in [2.05, 4.69) is 15.1 Å². The van der Waals surface area contributed by atoms with Crippen LogP contribution < -0.4 is 5.73 Å². The lowest BCUT2D eigenvalue weighted by Gasteiger charge is -2.04. The topological polar surface area (TPSA) is 104 Å². The van der Waals surface area contributed by atoms with Gasteiger partial charge in [0.15, 0.2) is 15.7 Å². The van der Waals surface area contributed by atoms with E-state index in [1.54, 1.807) is 6.20 Å². The molecule has 0 amide bonds. The number of nitrogens with zero attached hydrogens (tertiary/aromatic N) is 4. The van der Waals surface area contributed by atoms with Crippen molar-refractivity contribution in [3.8, 4) is 5.82 Å². The van der Waals surface area contributed by atoms with Crippen molar-refractivity contribution in [2.75, 3.05) is 6.26 Å². The fraction of sp³-hybridized carbons (Fsp3) is 0.222. The lowest BCUT2D eigenvalue weighted by molar-refractivity contribution is 0.602. The number of nitrogens with two attached hydrogens (primary N) is 1. The van der Waals surface area contributed by atoms with Crippen LogP contribution in [0.1, 0.15) is 5.56 Å². The van der Waals surface area contributed by atoms with Crippen molar-refractivity contribution in [3.05, 3.63) is 30.5 Å². The van der Waals surface area contributed by atoms with Crippen LogP contribution in [0.3, 0.4) is 0 Å². The SMILES string of the molecule is CS(=O)(=O)c1cnn(-c2ncncc2CN)c1. The van der Waals surface area contributed by atoms with Crippen molar-refractivity contribution in [3.63, 3.8) is 0 Å². The fourth-order valence-electron chi connectivity index (χ4n) is 1.32. The van der Waals surface area contributed by atoms with E-state index in [0.717, 1.165) is 6.26 Å². The van der Waals surface area contributed by atoms with Gasteiger partial charge in [0, 0.05) is 24.6 Å². The first kappa shape index (κ1) is 11.7. The predicted octanol–water partition coefficient (Wildman–Crippen LogP) is -0.476. The summed E-state index contributed by atoms with van der Waals surface area (Å²) in [7, 11) is -3.27. The Morgan fingerprint density at radius 1 is 1.41 bits per heavy atom. The van der Waals surface area contributed by atoms with Crippen molar-refractivity contribution in [2.45, 2.75) is 11.4 Å². The van der Waals surface area contributed by atoms with Crippen LogP contribution in [0, 0.1) is 0 Å². The van der Waals surface area contributed by atoms with Crippen LogP contribution in [0.5, 0.6) is 0 Å². The highest BCUT2D eigenvalue weighted by Crippen LogP contribution is 2.12. The number of hydrogen-bond donors (Lipinski definition) is 1. The summed E-state index contributed by atoms with van der Waals surface area (Å²) in [5.41, 5.74) is 6.23. The molecule has 0 aromatic carbocycles. The zero-order chi connectivity index (χ0) is 12.5. The first-order valence-corrected chi connectivity index (χ1v) is 6.65. The van der Waals surface area contributed by atoms with E-state index in [0.29, 0.717) is 11.4 Å². The maximum atomic E-state index is 11.3. The Bertz CT molecular complexity index is 634. The molecule has 0 saturated heterocycles. The largest absolute Gasteiger partial charge is 0.326 e. The van der Waals surface area contributed by atoms with E-state index < -0.39 is 9.84 Å². The molecule has 17 heavy (non-hydrogen) atoms. The molecule has 90 valence electrons. The summed E-state index contributed by atoms with van der Waals surface area (Å²) in [6.07, 6.45) is 6.73. The van der Waals surface area contributed by atoms with E-state index in [9.17, 15) is 8.42 Å². The Morgan fingerprint density at radius 2 is 2.18 bits per heavy atom. The molecule has 2 N–H and O–H groups in total. The van der Waals surface area contributed by atoms with Crippen LogP contribution in [0.25, 0.3) is 5.82 Å². The van der Waals surface area contributed by atoms with Gasteiger partial charge in [-0.05, 0) is 0 Å². The third-order valence-corrected chi connectivity index (χ3v) is 3.26. The van der Waals surface area contributed by atoms with Gasteiger partial charge in [0.2, 0.25) is 0 Å². The lowest BCUT2D eigenvalue weighted by Crippen LogP contribution is -2.07. The van der Waals surface area contributed by atoms with Crippen LogP contribution >= 0.6 is 0 Å². The molecule has 2 aromatic rings.